The van der Waals surface area contributed by atoms with Crippen LogP contribution in [-0.2, 0) is 19.1 Å². The number of halogens is 1. The Hall–Kier alpha value is -1.66. The number of carbonyl (C=O) groups excluding carboxylic acids is 2. The van der Waals surface area contributed by atoms with Gasteiger partial charge in [0, 0.05) is 11.8 Å². The van der Waals surface area contributed by atoms with Crippen molar-refractivity contribution < 1.29 is 19.1 Å². The smallest absolute Gasteiger partial charge is 0.327 e. The fourth-order valence-corrected chi connectivity index (χ4v) is 4.49. The van der Waals surface area contributed by atoms with E-state index in [2.05, 4.69) is 9.88 Å². The average Bonchev–Trinajstić information content (AvgIpc) is 3.10. The van der Waals surface area contributed by atoms with Crippen molar-refractivity contribution in [2.45, 2.75) is 57.2 Å². The molecule has 2 aliphatic heterocycles. The molecule has 1 unspecified atom stereocenters. The second-order valence-corrected chi connectivity index (χ2v) is 8.35. The van der Waals surface area contributed by atoms with E-state index in [1.165, 1.54) is 7.11 Å². The van der Waals surface area contributed by atoms with Crippen LogP contribution < -0.4 is 0 Å². The van der Waals surface area contributed by atoms with Gasteiger partial charge in [0.1, 0.15) is 16.3 Å². The molecule has 0 bridgehead atoms. The standard InChI is InChI=1S/C19H25ClN2O4/c1-18(2,3)26-17(24)19-8-6-10-22(19)14(13(11-19)16(23)25-4)12-7-5-9-21-15(12)20/h5,7,9,13-14H,6,8,10-11H2,1-4H3/t13?,14-,19-/m0/s1. The van der Waals surface area contributed by atoms with Gasteiger partial charge in [-0.1, -0.05) is 17.7 Å². The average molecular weight is 381 g/mol. The maximum Gasteiger partial charge on any atom is 0.327 e. The summed E-state index contributed by atoms with van der Waals surface area (Å²) in [6.45, 7) is 6.25. The van der Waals surface area contributed by atoms with Crippen molar-refractivity contribution in [1.82, 2.24) is 9.88 Å². The normalized spacial score (nSPS) is 28.7. The second-order valence-electron chi connectivity index (χ2n) is 7.99. The van der Waals surface area contributed by atoms with Gasteiger partial charge in [0.2, 0.25) is 0 Å². The lowest BCUT2D eigenvalue weighted by Crippen LogP contribution is -2.49. The summed E-state index contributed by atoms with van der Waals surface area (Å²) in [6, 6.07) is 3.30. The molecule has 7 heteroatoms. The summed E-state index contributed by atoms with van der Waals surface area (Å²) in [4.78, 5) is 31.9. The molecule has 3 rings (SSSR count). The van der Waals surface area contributed by atoms with Crippen LogP contribution in [0.3, 0.4) is 0 Å². The minimum atomic E-state index is -0.823. The van der Waals surface area contributed by atoms with Crippen molar-refractivity contribution in [3.8, 4) is 0 Å². The van der Waals surface area contributed by atoms with Crippen molar-refractivity contribution >= 4 is 23.5 Å². The molecular weight excluding hydrogens is 356 g/mol. The zero-order chi connectivity index (χ0) is 19.1. The molecule has 0 amide bonds. The number of esters is 2. The van der Waals surface area contributed by atoms with Gasteiger partial charge >= 0.3 is 11.9 Å². The molecule has 0 radical (unpaired) electrons. The molecule has 3 heterocycles. The Morgan fingerprint density at radius 2 is 2.12 bits per heavy atom. The van der Waals surface area contributed by atoms with Gasteiger partial charge in [-0.2, -0.15) is 0 Å². The Labute approximate surface area is 158 Å². The van der Waals surface area contributed by atoms with Crippen LogP contribution in [0.25, 0.3) is 0 Å². The van der Waals surface area contributed by atoms with Gasteiger partial charge in [-0.05, 0) is 52.6 Å². The van der Waals surface area contributed by atoms with E-state index in [0.29, 0.717) is 24.5 Å². The van der Waals surface area contributed by atoms with Gasteiger partial charge in [-0.15, -0.1) is 0 Å². The lowest BCUT2D eigenvalue weighted by atomic mass is 9.87. The molecule has 1 aromatic heterocycles. The molecule has 0 saturated carbocycles. The van der Waals surface area contributed by atoms with Crippen LogP contribution in [0.15, 0.2) is 18.3 Å². The lowest BCUT2D eigenvalue weighted by molar-refractivity contribution is -0.167. The molecule has 3 atom stereocenters. The Morgan fingerprint density at radius 3 is 2.73 bits per heavy atom. The topological polar surface area (TPSA) is 68.7 Å². The fraction of sp³-hybridized carbons (Fsp3) is 0.632. The number of ether oxygens (including phenoxy) is 2. The molecule has 142 valence electrons. The number of fused-ring (bicyclic) bond motifs is 1. The van der Waals surface area contributed by atoms with E-state index in [4.69, 9.17) is 21.1 Å². The Kier molecular flexibility index (Phi) is 5.01. The molecular formula is C19H25ClN2O4. The summed E-state index contributed by atoms with van der Waals surface area (Å²) >= 11 is 6.33. The highest BCUT2D eigenvalue weighted by Crippen LogP contribution is 2.53. The van der Waals surface area contributed by atoms with Crippen LogP contribution in [0.5, 0.6) is 0 Å². The number of rotatable bonds is 3. The zero-order valence-electron chi connectivity index (χ0n) is 15.6. The van der Waals surface area contributed by atoms with Gasteiger partial charge in [0.15, 0.2) is 0 Å². The Bertz CT molecular complexity index is 718. The van der Waals surface area contributed by atoms with Gasteiger partial charge in [-0.3, -0.25) is 14.5 Å². The highest BCUT2D eigenvalue weighted by Gasteiger charge is 2.62. The van der Waals surface area contributed by atoms with Crippen LogP contribution in [0, 0.1) is 5.92 Å². The molecule has 26 heavy (non-hydrogen) atoms. The maximum atomic E-state index is 13.1. The minimum Gasteiger partial charge on any atom is -0.469 e. The fourth-order valence-electron chi connectivity index (χ4n) is 4.26. The van der Waals surface area contributed by atoms with E-state index < -0.39 is 17.1 Å². The summed E-state index contributed by atoms with van der Waals surface area (Å²) in [5.74, 6) is -1.11. The van der Waals surface area contributed by atoms with Crippen LogP contribution >= 0.6 is 11.6 Å². The second kappa shape index (κ2) is 6.82. The number of aromatic nitrogens is 1. The molecule has 6 nitrogen and oxygen atoms in total. The number of methoxy groups -OCH3 is 1. The first-order valence-electron chi connectivity index (χ1n) is 8.88. The van der Waals surface area contributed by atoms with Gasteiger partial charge in [-0.25, -0.2) is 4.98 Å². The molecule has 2 fully saturated rings. The zero-order valence-corrected chi connectivity index (χ0v) is 16.4. The largest absolute Gasteiger partial charge is 0.469 e. The van der Waals surface area contributed by atoms with Crippen LogP contribution in [-0.4, -0.2) is 46.6 Å². The van der Waals surface area contributed by atoms with Crippen molar-refractivity contribution in [3.05, 3.63) is 29.0 Å². The summed E-state index contributed by atoms with van der Waals surface area (Å²) in [6.07, 6.45) is 3.49. The monoisotopic (exact) mass is 380 g/mol. The number of hydrogen-bond acceptors (Lipinski definition) is 6. The van der Waals surface area contributed by atoms with Gasteiger partial charge in [0.05, 0.1) is 19.1 Å². The highest BCUT2D eigenvalue weighted by atomic mass is 35.5. The summed E-state index contributed by atoms with van der Waals surface area (Å²) in [7, 11) is 1.37. The van der Waals surface area contributed by atoms with Crippen LogP contribution in [0.4, 0.5) is 0 Å². The SMILES string of the molecule is COC(=O)C1C[C@]2(C(=O)OC(C)(C)C)CCCN2[C@H]1c1cccnc1Cl. The van der Waals surface area contributed by atoms with Crippen molar-refractivity contribution in [3.63, 3.8) is 0 Å². The Balaban J connectivity index is 2.04. The quantitative estimate of drug-likeness (QED) is 0.592. The number of carbonyl (C=O) groups is 2. The molecule has 0 N–H and O–H groups in total. The van der Waals surface area contributed by atoms with Gasteiger partial charge in [0.25, 0.3) is 0 Å². The van der Waals surface area contributed by atoms with Gasteiger partial charge < -0.3 is 9.47 Å². The van der Waals surface area contributed by atoms with E-state index in [0.717, 1.165) is 12.0 Å². The van der Waals surface area contributed by atoms with Crippen LogP contribution in [0.2, 0.25) is 5.15 Å². The summed E-state index contributed by atoms with van der Waals surface area (Å²) in [5.41, 5.74) is -0.669. The predicted octanol–water partition coefficient (Wildman–Crippen LogP) is 3.15. The summed E-state index contributed by atoms with van der Waals surface area (Å²) < 4.78 is 10.8. The highest BCUT2D eigenvalue weighted by molar-refractivity contribution is 6.30. The summed E-state index contributed by atoms with van der Waals surface area (Å²) in [5, 5.41) is 0.346. The molecule has 2 saturated heterocycles. The first-order valence-corrected chi connectivity index (χ1v) is 9.26. The first kappa shape index (κ1) is 19.1. The van der Waals surface area contributed by atoms with E-state index in [-0.39, 0.29) is 18.0 Å². The predicted molar refractivity (Wildman–Crippen MR) is 96.6 cm³/mol. The lowest BCUT2D eigenvalue weighted by Gasteiger charge is -2.35. The number of hydrogen-bond donors (Lipinski definition) is 0. The third-order valence-electron chi connectivity index (χ3n) is 5.20. The number of pyridine rings is 1. The van der Waals surface area contributed by atoms with Crippen molar-refractivity contribution in [2.24, 2.45) is 5.92 Å². The molecule has 1 aromatic rings. The Morgan fingerprint density at radius 1 is 1.38 bits per heavy atom. The van der Waals surface area contributed by atoms with E-state index in [1.54, 1.807) is 12.3 Å². The van der Waals surface area contributed by atoms with E-state index >= 15 is 0 Å². The molecule has 0 aromatic carbocycles. The third kappa shape index (κ3) is 3.21. The third-order valence-corrected chi connectivity index (χ3v) is 5.52. The minimum absolute atomic E-state index is 0.279. The first-order chi connectivity index (χ1) is 12.2. The van der Waals surface area contributed by atoms with Crippen molar-refractivity contribution in [1.29, 1.82) is 0 Å². The number of nitrogens with zero attached hydrogens (tertiary/aromatic N) is 2. The molecule has 0 aliphatic carbocycles. The molecule has 0 spiro atoms. The van der Waals surface area contributed by atoms with Crippen LogP contribution in [0.1, 0.15) is 51.6 Å². The van der Waals surface area contributed by atoms with Crippen molar-refractivity contribution in [2.75, 3.05) is 13.7 Å². The maximum absolute atomic E-state index is 13.1. The van der Waals surface area contributed by atoms with E-state index in [9.17, 15) is 9.59 Å². The molecule has 2 aliphatic rings. The van der Waals surface area contributed by atoms with E-state index in [1.807, 2.05) is 26.8 Å².